The van der Waals surface area contributed by atoms with Crippen molar-refractivity contribution in [2.24, 2.45) is 0 Å². The molecular formula is C22H19Cl3N4O2. The van der Waals surface area contributed by atoms with Gasteiger partial charge in [0, 0.05) is 41.8 Å². The van der Waals surface area contributed by atoms with Crippen molar-refractivity contribution in [2.75, 3.05) is 38.2 Å². The molecule has 1 fully saturated rings. The minimum Gasteiger partial charge on any atom is -0.496 e. The minimum absolute atomic E-state index is 0.0992. The molecule has 0 spiro atoms. The number of carbonyl (C=O) groups is 1. The molecular weight excluding hydrogens is 459 g/mol. The first-order valence-electron chi connectivity index (χ1n) is 9.63. The molecule has 160 valence electrons. The summed E-state index contributed by atoms with van der Waals surface area (Å²) in [5.74, 6) is 1.17. The Hall–Kier alpha value is -2.54. The highest BCUT2D eigenvalue weighted by Crippen LogP contribution is 2.29. The van der Waals surface area contributed by atoms with Gasteiger partial charge in [-0.1, -0.05) is 34.8 Å². The first-order valence-corrected chi connectivity index (χ1v) is 10.8. The van der Waals surface area contributed by atoms with E-state index in [9.17, 15) is 4.79 Å². The highest BCUT2D eigenvalue weighted by atomic mass is 35.5. The van der Waals surface area contributed by atoms with E-state index in [0.717, 1.165) is 11.4 Å². The van der Waals surface area contributed by atoms with Crippen molar-refractivity contribution in [3.8, 4) is 17.0 Å². The highest BCUT2D eigenvalue weighted by molar-refractivity contribution is 6.36. The van der Waals surface area contributed by atoms with Crippen LogP contribution in [0.5, 0.6) is 5.75 Å². The quantitative estimate of drug-likeness (QED) is 0.525. The molecule has 31 heavy (non-hydrogen) atoms. The van der Waals surface area contributed by atoms with Crippen LogP contribution < -0.4 is 9.64 Å². The van der Waals surface area contributed by atoms with Gasteiger partial charge >= 0.3 is 0 Å². The molecule has 0 atom stereocenters. The Bertz CT molecular complexity index is 1100. The molecule has 3 aromatic rings. The predicted octanol–water partition coefficient (Wildman–Crippen LogP) is 5.07. The molecule has 1 aromatic heterocycles. The fourth-order valence-electron chi connectivity index (χ4n) is 3.49. The largest absolute Gasteiger partial charge is 0.496 e. The Morgan fingerprint density at radius 1 is 0.903 bits per heavy atom. The molecule has 9 heteroatoms. The molecule has 0 saturated carbocycles. The molecule has 0 N–H and O–H groups in total. The maximum atomic E-state index is 13.0. The van der Waals surface area contributed by atoms with Gasteiger partial charge < -0.3 is 14.5 Å². The number of anilines is 1. The number of piperazine rings is 1. The van der Waals surface area contributed by atoms with E-state index in [-0.39, 0.29) is 5.91 Å². The fourth-order valence-corrected chi connectivity index (χ4v) is 4.17. The normalized spacial score (nSPS) is 13.9. The third-order valence-electron chi connectivity index (χ3n) is 5.14. The van der Waals surface area contributed by atoms with Crippen molar-refractivity contribution in [2.45, 2.75) is 0 Å². The van der Waals surface area contributed by atoms with Gasteiger partial charge in [-0.05, 0) is 48.5 Å². The van der Waals surface area contributed by atoms with E-state index in [1.54, 1.807) is 35.2 Å². The van der Waals surface area contributed by atoms with E-state index in [4.69, 9.17) is 39.5 Å². The van der Waals surface area contributed by atoms with E-state index < -0.39 is 0 Å². The zero-order chi connectivity index (χ0) is 22.0. The van der Waals surface area contributed by atoms with Gasteiger partial charge in [-0.25, -0.2) is 0 Å². The first-order chi connectivity index (χ1) is 15.0. The summed E-state index contributed by atoms with van der Waals surface area (Å²) in [5.41, 5.74) is 1.91. The molecule has 4 rings (SSSR count). The summed E-state index contributed by atoms with van der Waals surface area (Å²) in [5, 5.41) is 10.3. The van der Waals surface area contributed by atoms with Crippen LogP contribution in [0.1, 0.15) is 10.4 Å². The number of hydrogen-bond acceptors (Lipinski definition) is 5. The average Bonchev–Trinajstić information content (AvgIpc) is 2.79. The summed E-state index contributed by atoms with van der Waals surface area (Å²) in [4.78, 5) is 16.8. The molecule has 2 heterocycles. The van der Waals surface area contributed by atoms with Crippen LogP contribution in [-0.2, 0) is 0 Å². The number of methoxy groups -OCH3 is 1. The summed E-state index contributed by atoms with van der Waals surface area (Å²) in [6, 6.07) is 14.1. The molecule has 0 unspecified atom stereocenters. The summed E-state index contributed by atoms with van der Waals surface area (Å²) in [6.45, 7) is 2.40. The van der Waals surface area contributed by atoms with E-state index in [1.165, 1.54) is 7.11 Å². The average molecular weight is 478 g/mol. The zero-order valence-electron chi connectivity index (χ0n) is 16.7. The van der Waals surface area contributed by atoms with Gasteiger partial charge in [-0.2, -0.15) is 0 Å². The van der Waals surface area contributed by atoms with Gasteiger partial charge in [-0.3, -0.25) is 4.79 Å². The number of aromatic nitrogens is 2. The summed E-state index contributed by atoms with van der Waals surface area (Å²) < 4.78 is 5.31. The molecule has 1 aliphatic rings. The third-order valence-corrected chi connectivity index (χ3v) is 5.92. The lowest BCUT2D eigenvalue weighted by Gasteiger charge is -2.35. The van der Waals surface area contributed by atoms with E-state index in [2.05, 4.69) is 15.1 Å². The first kappa shape index (κ1) is 21.7. The van der Waals surface area contributed by atoms with Crippen molar-refractivity contribution in [3.63, 3.8) is 0 Å². The number of halogens is 3. The van der Waals surface area contributed by atoms with Crippen LogP contribution in [0.3, 0.4) is 0 Å². The van der Waals surface area contributed by atoms with Crippen LogP contribution in [0.4, 0.5) is 5.82 Å². The van der Waals surface area contributed by atoms with Crippen molar-refractivity contribution in [1.82, 2.24) is 15.1 Å². The van der Waals surface area contributed by atoms with Crippen LogP contribution in [0.25, 0.3) is 11.3 Å². The van der Waals surface area contributed by atoms with Crippen LogP contribution in [0.15, 0.2) is 48.5 Å². The molecule has 1 amide bonds. The lowest BCUT2D eigenvalue weighted by Crippen LogP contribution is -2.49. The number of nitrogens with zero attached hydrogens (tertiary/aromatic N) is 4. The molecule has 1 saturated heterocycles. The monoisotopic (exact) mass is 476 g/mol. The molecule has 0 radical (unpaired) electrons. The van der Waals surface area contributed by atoms with Gasteiger partial charge in [0.15, 0.2) is 5.82 Å². The predicted molar refractivity (Wildman–Crippen MR) is 124 cm³/mol. The highest BCUT2D eigenvalue weighted by Gasteiger charge is 2.25. The van der Waals surface area contributed by atoms with E-state index in [0.29, 0.717) is 58.3 Å². The summed E-state index contributed by atoms with van der Waals surface area (Å²) in [6.07, 6.45) is 0. The van der Waals surface area contributed by atoms with Gasteiger partial charge in [0.05, 0.1) is 23.4 Å². The lowest BCUT2D eigenvalue weighted by atomic mass is 10.1. The van der Waals surface area contributed by atoms with Crippen molar-refractivity contribution in [3.05, 3.63) is 69.2 Å². The smallest absolute Gasteiger partial charge is 0.257 e. The van der Waals surface area contributed by atoms with Gasteiger partial charge in [0.2, 0.25) is 0 Å². The zero-order valence-corrected chi connectivity index (χ0v) is 19.0. The van der Waals surface area contributed by atoms with Gasteiger partial charge in [0.25, 0.3) is 5.91 Å². The van der Waals surface area contributed by atoms with Crippen LogP contribution in [0, 0.1) is 0 Å². The number of amides is 1. The Kier molecular flexibility index (Phi) is 6.51. The maximum absolute atomic E-state index is 13.0. The lowest BCUT2D eigenvalue weighted by molar-refractivity contribution is 0.0743. The van der Waals surface area contributed by atoms with Gasteiger partial charge in [-0.15, -0.1) is 10.2 Å². The second-order valence-electron chi connectivity index (χ2n) is 7.02. The van der Waals surface area contributed by atoms with Crippen LogP contribution >= 0.6 is 34.8 Å². The second-order valence-corrected chi connectivity index (χ2v) is 8.30. The molecule has 0 bridgehead atoms. The summed E-state index contributed by atoms with van der Waals surface area (Å²) >= 11 is 18.3. The van der Waals surface area contributed by atoms with Crippen LogP contribution in [0.2, 0.25) is 15.1 Å². The van der Waals surface area contributed by atoms with Crippen molar-refractivity contribution >= 4 is 46.5 Å². The summed E-state index contributed by atoms with van der Waals surface area (Å²) in [7, 11) is 1.54. The fraction of sp³-hybridized carbons (Fsp3) is 0.227. The standard InChI is InChI=1S/C22H19Cl3N4O2/c1-31-20-6-3-14(23)12-17(20)22(30)29-10-8-28(9-11-29)21-7-5-19(26-27-21)16-4-2-15(24)13-18(16)25/h2-7,12-13H,8-11H2,1H3. The van der Waals surface area contributed by atoms with Gasteiger partial charge in [0.1, 0.15) is 5.75 Å². The number of hydrogen-bond donors (Lipinski definition) is 0. The maximum Gasteiger partial charge on any atom is 0.257 e. The second kappa shape index (κ2) is 9.30. The topological polar surface area (TPSA) is 58.6 Å². The number of rotatable bonds is 4. The minimum atomic E-state index is -0.0992. The van der Waals surface area contributed by atoms with E-state index in [1.807, 2.05) is 18.2 Å². The van der Waals surface area contributed by atoms with E-state index >= 15 is 0 Å². The Balaban J connectivity index is 1.43. The molecule has 2 aromatic carbocycles. The third kappa shape index (κ3) is 4.71. The van der Waals surface area contributed by atoms with Crippen molar-refractivity contribution in [1.29, 1.82) is 0 Å². The Morgan fingerprint density at radius 3 is 2.26 bits per heavy atom. The molecule has 1 aliphatic heterocycles. The Morgan fingerprint density at radius 2 is 1.61 bits per heavy atom. The van der Waals surface area contributed by atoms with Crippen molar-refractivity contribution < 1.29 is 9.53 Å². The number of ether oxygens (including phenoxy) is 1. The number of carbonyl (C=O) groups excluding carboxylic acids is 1. The Labute approximate surface area is 195 Å². The molecule has 6 nitrogen and oxygen atoms in total. The SMILES string of the molecule is COc1ccc(Cl)cc1C(=O)N1CCN(c2ccc(-c3ccc(Cl)cc3Cl)nn2)CC1. The van der Waals surface area contributed by atoms with Crippen LogP contribution in [-0.4, -0.2) is 54.3 Å². The number of benzene rings is 2. The molecule has 0 aliphatic carbocycles.